The molecule has 2 nitrogen and oxygen atoms in total. The summed E-state index contributed by atoms with van der Waals surface area (Å²) in [5.74, 6) is -0.316. The Labute approximate surface area is 94.0 Å². The lowest BCUT2D eigenvalue weighted by atomic mass is 9.60. The Morgan fingerprint density at radius 2 is 1.88 bits per heavy atom. The molecule has 2 aliphatic heterocycles. The predicted octanol–water partition coefficient (Wildman–Crippen LogP) is 2.24. The Bertz CT molecular complexity index is 232. The average Bonchev–Trinajstić information content (AvgIpc) is 2.21. The summed E-state index contributed by atoms with van der Waals surface area (Å²) in [6, 6.07) is 0. The van der Waals surface area contributed by atoms with Gasteiger partial charge in [0.2, 0.25) is 0 Å². The maximum absolute atomic E-state index is 12.6. The van der Waals surface area contributed by atoms with Crippen LogP contribution in [-0.4, -0.2) is 33.3 Å². The van der Waals surface area contributed by atoms with E-state index in [-0.39, 0.29) is 11.3 Å². The first-order valence-corrected chi connectivity index (χ1v) is 6.01. The van der Waals surface area contributed by atoms with Crippen LogP contribution in [0.15, 0.2) is 0 Å². The highest BCUT2D eigenvalue weighted by molar-refractivity contribution is 6.58. The third kappa shape index (κ3) is 2.72. The van der Waals surface area contributed by atoms with Crippen molar-refractivity contribution < 1.29 is 17.7 Å². The zero-order chi connectivity index (χ0) is 11.6. The number of hydrogen-bond donors (Lipinski definition) is 1. The quantitative estimate of drug-likeness (QED) is 0.742. The van der Waals surface area contributed by atoms with Crippen LogP contribution in [0.2, 0.25) is 6.32 Å². The summed E-state index contributed by atoms with van der Waals surface area (Å²) in [7, 11) is 0. The van der Waals surface area contributed by atoms with Gasteiger partial charge in [-0.15, -0.1) is 0 Å². The van der Waals surface area contributed by atoms with Crippen molar-refractivity contribution >= 4 is 6.98 Å². The molecule has 0 aromatic carbocycles. The van der Waals surface area contributed by atoms with Gasteiger partial charge < -0.3 is 23.0 Å². The van der Waals surface area contributed by atoms with Crippen molar-refractivity contribution in [1.82, 2.24) is 5.32 Å². The van der Waals surface area contributed by atoms with Gasteiger partial charge in [0.1, 0.15) is 0 Å². The van der Waals surface area contributed by atoms with Crippen molar-refractivity contribution in [3.8, 4) is 0 Å². The van der Waals surface area contributed by atoms with Crippen LogP contribution in [0.4, 0.5) is 12.9 Å². The Kier molecular flexibility index (Phi) is 3.49. The molecule has 1 spiro atoms. The SMILES string of the molecule is F[B-](F)(F)CC1COCCC12CCNCC2. The minimum atomic E-state index is -4.69. The number of hydrogen-bond acceptors (Lipinski definition) is 2. The predicted molar refractivity (Wildman–Crippen MR) is 57.3 cm³/mol. The molecule has 2 aliphatic rings. The van der Waals surface area contributed by atoms with Gasteiger partial charge >= 0.3 is 6.98 Å². The molecular weight excluding hydrogens is 218 g/mol. The van der Waals surface area contributed by atoms with E-state index in [1.165, 1.54) is 0 Å². The lowest BCUT2D eigenvalue weighted by molar-refractivity contribution is -0.0516. The van der Waals surface area contributed by atoms with Gasteiger partial charge in [-0.3, -0.25) is 0 Å². The van der Waals surface area contributed by atoms with E-state index in [1.54, 1.807) is 0 Å². The maximum atomic E-state index is 12.6. The van der Waals surface area contributed by atoms with Crippen LogP contribution in [0.25, 0.3) is 0 Å². The van der Waals surface area contributed by atoms with E-state index in [0.717, 1.165) is 32.4 Å². The molecule has 0 aromatic heterocycles. The number of ether oxygens (including phenoxy) is 1. The fourth-order valence-electron chi connectivity index (χ4n) is 3.11. The minimum Gasteiger partial charge on any atom is -0.449 e. The van der Waals surface area contributed by atoms with E-state index in [0.29, 0.717) is 13.2 Å². The molecule has 0 aromatic rings. The molecular formula is C10H18BF3NO-. The Morgan fingerprint density at radius 1 is 1.19 bits per heavy atom. The van der Waals surface area contributed by atoms with Gasteiger partial charge in [-0.25, -0.2) is 0 Å². The van der Waals surface area contributed by atoms with Crippen molar-refractivity contribution in [1.29, 1.82) is 0 Å². The lowest BCUT2D eigenvalue weighted by Crippen LogP contribution is -2.48. The van der Waals surface area contributed by atoms with Gasteiger partial charge in [0.15, 0.2) is 0 Å². The van der Waals surface area contributed by atoms with Crippen molar-refractivity contribution in [2.24, 2.45) is 11.3 Å². The molecule has 0 amide bonds. The van der Waals surface area contributed by atoms with Crippen LogP contribution in [0, 0.1) is 11.3 Å². The van der Waals surface area contributed by atoms with Crippen LogP contribution >= 0.6 is 0 Å². The summed E-state index contributed by atoms with van der Waals surface area (Å²) < 4.78 is 43.0. The maximum Gasteiger partial charge on any atom is 0.478 e. The molecule has 0 radical (unpaired) electrons. The fourth-order valence-corrected chi connectivity index (χ4v) is 3.11. The normalized spacial score (nSPS) is 30.6. The lowest BCUT2D eigenvalue weighted by Gasteiger charge is -2.48. The molecule has 94 valence electrons. The first kappa shape index (κ1) is 12.2. The fraction of sp³-hybridized carbons (Fsp3) is 1.00. The second-order valence-corrected chi connectivity index (χ2v) is 5.08. The Hall–Kier alpha value is -0.225. The molecule has 2 heterocycles. The second-order valence-electron chi connectivity index (χ2n) is 5.08. The summed E-state index contributed by atoms with van der Waals surface area (Å²) in [5, 5.41) is 3.22. The van der Waals surface area contributed by atoms with Crippen molar-refractivity contribution in [2.75, 3.05) is 26.3 Å². The largest absolute Gasteiger partial charge is 0.478 e. The molecule has 1 N–H and O–H groups in total. The zero-order valence-corrected chi connectivity index (χ0v) is 9.35. The first-order valence-electron chi connectivity index (χ1n) is 6.01. The zero-order valence-electron chi connectivity index (χ0n) is 9.35. The summed E-state index contributed by atoms with van der Waals surface area (Å²) in [6.45, 7) is -2.07. The van der Waals surface area contributed by atoms with Gasteiger partial charge in [0, 0.05) is 13.2 Å². The molecule has 1 atom stereocenters. The average molecular weight is 236 g/mol. The summed E-state index contributed by atoms with van der Waals surface area (Å²) >= 11 is 0. The highest BCUT2D eigenvalue weighted by Crippen LogP contribution is 2.46. The van der Waals surface area contributed by atoms with Crippen LogP contribution in [0.1, 0.15) is 19.3 Å². The van der Waals surface area contributed by atoms with Gasteiger partial charge in [-0.05, 0) is 43.7 Å². The number of halogens is 3. The molecule has 1 unspecified atom stereocenters. The number of piperidine rings is 1. The number of nitrogens with one attached hydrogen (secondary N) is 1. The van der Waals surface area contributed by atoms with Crippen molar-refractivity contribution in [2.45, 2.75) is 25.6 Å². The first-order chi connectivity index (χ1) is 7.52. The van der Waals surface area contributed by atoms with E-state index in [4.69, 9.17) is 4.74 Å². The van der Waals surface area contributed by atoms with E-state index in [2.05, 4.69) is 5.32 Å². The molecule has 2 fully saturated rings. The molecule has 0 bridgehead atoms. The van der Waals surface area contributed by atoms with Gasteiger partial charge in [0.05, 0.1) is 0 Å². The van der Waals surface area contributed by atoms with Gasteiger partial charge in [-0.2, -0.15) is 0 Å². The van der Waals surface area contributed by atoms with Crippen molar-refractivity contribution in [3.63, 3.8) is 0 Å². The Balaban J connectivity index is 2.06. The summed E-state index contributed by atoms with van der Waals surface area (Å²) in [5.41, 5.74) is -0.110. The van der Waals surface area contributed by atoms with Crippen LogP contribution in [0.3, 0.4) is 0 Å². The third-order valence-corrected chi connectivity index (χ3v) is 4.08. The third-order valence-electron chi connectivity index (χ3n) is 4.08. The molecule has 2 rings (SSSR count). The molecule has 16 heavy (non-hydrogen) atoms. The van der Waals surface area contributed by atoms with Crippen molar-refractivity contribution in [3.05, 3.63) is 0 Å². The van der Waals surface area contributed by atoms with E-state index in [1.807, 2.05) is 0 Å². The van der Waals surface area contributed by atoms with Crippen LogP contribution < -0.4 is 5.32 Å². The van der Waals surface area contributed by atoms with Crippen LogP contribution in [0.5, 0.6) is 0 Å². The molecule has 2 saturated heterocycles. The van der Waals surface area contributed by atoms with Gasteiger partial charge in [0.25, 0.3) is 0 Å². The van der Waals surface area contributed by atoms with E-state index >= 15 is 0 Å². The Morgan fingerprint density at radius 3 is 2.50 bits per heavy atom. The summed E-state index contributed by atoms with van der Waals surface area (Å²) in [4.78, 5) is 0. The highest BCUT2D eigenvalue weighted by Gasteiger charge is 2.44. The van der Waals surface area contributed by atoms with Crippen LogP contribution in [-0.2, 0) is 4.74 Å². The highest BCUT2D eigenvalue weighted by atomic mass is 19.4. The smallest absolute Gasteiger partial charge is 0.449 e. The minimum absolute atomic E-state index is 0.110. The number of rotatable bonds is 2. The molecule has 0 saturated carbocycles. The second kappa shape index (κ2) is 4.57. The van der Waals surface area contributed by atoms with E-state index < -0.39 is 13.3 Å². The van der Waals surface area contributed by atoms with Gasteiger partial charge in [-0.1, -0.05) is 6.32 Å². The topological polar surface area (TPSA) is 21.3 Å². The summed E-state index contributed by atoms with van der Waals surface area (Å²) in [6.07, 6.45) is 1.91. The monoisotopic (exact) mass is 236 g/mol. The molecule has 6 heteroatoms. The molecule has 0 aliphatic carbocycles. The van der Waals surface area contributed by atoms with E-state index in [9.17, 15) is 12.9 Å². The standard InChI is InChI=1S/C10H18BF3NO/c12-11(13,14)7-9-8-16-6-3-10(9)1-4-15-5-2-10/h9,15H,1-8H2/q-1.